The van der Waals surface area contributed by atoms with Crippen molar-refractivity contribution in [3.8, 4) is 46.0 Å². The molecule has 0 radical (unpaired) electrons. The first-order chi connectivity index (χ1) is 30.1. The number of benzene rings is 5. The van der Waals surface area contributed by atoms with E-state index < -0.39 is 60.6 Å². The number of phenols is 1. The van der Waals surface area contributed by atoms with Crippen molar-refractivity contribution in [2.45, 2.75) is 44.1 Å². The lowest BCUT2D eigenvalue weighted by Gasteiger charge is -2.47. The number of ketones is 1. The van der Waals surface area contributed by atoms with Crippen LogP contribution >= 0.6 is 0 Å². The lowest BCUT2D eigenvalue weighted by Crippen LogP contribution is -2.70. The van der Waals surface area contributed by atoms with Gasteiger partial charge in [0.1, 0.15) is 28.6 Å². The predicted octanol–water partition coefficient (Wildman–Crippen LogP) is 5.94. The second-order valence-corrected chi connectivity index (χ2v) is 20.0. The van der Waals surface area contributed by atoms with Crippen LogP contribution in [-0.4, -0.2) is 91.9 Å². The van der Waals surface area contributed by atoms with Crippen molar-refractivity contribution in [1.29, 1.82) is 0 Å². The summed E-state index contributed by atoms with van der Waals surface area (Å²) in [5, 5.41) is 26.7. The maximum Gasteiger partial charge on any atom is 0.374 e. The fourth-order valence-corrected chi connectivity index (χ4v) is 13.3. The molecule has 1 aliphatic rings. The minimum Gasteiger partial charge on any atom is -0.504 e. The SMILES string of the molecule is COC(=O)c1cc2cc(CC(O[Si](c3ccccc3)(c3ccccc3)C(C)(C)C)C3(O)Oc4c(c(OC)c5c(OC)cc(OC)c(OC)c5c4OC)C3=O)c(O)c(OC)c2c(=O)o1. The Bertz CT molecular complexity index is 2760. The first kappa shape index (κ1) is 44.3. The van der Waals surface area contributed by atoms with E-state index in [-0.39, 0.29) is 72.9 Å². The third kappa shape index (κ3) is 6.94. The molecule has 0 aliphatic carbocycles. The average Bonchev–Trinajstić information content (AvgIpc) is 3.56. The van der Waals surface area contributed by atoms with E-state index in [1.165, 1.54) is 54.8 Å². The van der Waals surface area contributed by atoms with Gasteiger partial charge in [0.25, 0.3) is 14.1 Å². The molecule has 63 heavy (non-hydrogen) atoms. The number of hydrogen-bond acceptors (Lipinski definition) is 15. The third-order valence-corrected chi connectivity index (χ3v) is 16.5. The molecule has 7 rings (SSSR count). The van der Waals surface area contributed by atoms with Gasteiger partial charge in [-0.15, -0.1) is 0 Å². The minimum atomic E-state index is -3.73. The van der Waals surface area contributed by atoms with E-state index in [4.69, 9.17) is 46.7 Å². The van der Waals surface area contributed by atoms with E-state index in [1.54, 1.807) is 6.07 Å². The fraction of sp³-hybridized carbons (Fsp3) is 0.298. The Morgan fingerprint density at radius 1 is 0.714 bits per heavy atom. The molecule has 0 fully saturated rings. The van der Waals surface area contributed by atoms with Crippen molar-refractivity contribution < 1.29 is 66.5 Å². The smallest absolute Gasteiger partial charge is 0.374 e. The molecule has 5 aromatic carbocycles. The van der Waals surface area contributed by atoms with Gasteiger partial charge in [0.2, 0.25) is 11.5 Å². The number of carbonyl (C=O) groups excluding carboxylic acids is 2. The molecular formula is C47H48O15Si. The normalized spacial score (nSPS) is 15.4. The van der Waals surface area contributed by atoms with Crippen LogP contribution in [0.15, 0.2) is 88.1 Å². The van der Waals surface area contributed by atoms with Crippen molar-refractivity contribution in [3.63, 3.8) is 0 Å². The highest BCUT2D eigenvalue weighted by atomic mass is 28.4. The highest BCUT2D eigenvalue weighted by Crippen LogP contribution is 2.59. The van der Waals surface area contributed by atoms with E-state index in [9.17, 15) is 19.8 Å². The van der Waals surface area contributed by atoms with Crippen LogP contribution < -0.4 is 49.2 Å². The van der Waals surface area contributed by atoms with E-state index in [0.29, 0.717) is 0 Å². The maximum absolute atomic E-state index is 15.5. The summed E-state index contributed by atoms with van der Waals surface area (Å²) >= 11 is 0. The molecule has 330 valence electrons. The number of hydrogen-bond donors (Lipinski definition) is 2. The van der Waals surface area contributed by atoms with Crippen LogP contribution in [0, 0.1) is 0 Å². The van der Waals surface area contributed by atoms with Crippen LogP contribution in [0.2, 0.25) is 5.04 Å². The molecule has 1 aromatic heterocycles. The number of aromatic hydroxyl groups is 1. The number of carbonyl (C=O) groups is 2. The molecule has 2 atom stereocenters. The van der Waals surface area contributed by atoms with Gasteiger partial charge in [-0.3, -0.25) is 4.79 Å². The number of phenolic OH excluding ortho intramolecular Hbond substituents is 1. The number of methoxy groups -OCH3 is 7. The van der Waals surface area contributed by atoms with Crippen LogP contribution in [0.4, 0.5) is 0 Å². The zero-order valence-electron chi connectivity index (χ0n) is 36.5. The molecule has 16 heteroatoms. The van der Waals surface area contributed by atoms with Gasteiger partial charge in [0, 0.05) is 18.1 Å². The number of aliphatic hydroxyl groups is 1. The molecule has 0 amide bonds. The van der Waals surface area contributed by atoms with Gasteiger partial charge >= 0.3 is 11.6 Å². The van der Waals surface area contributed by atoms with E-state index in [0.717, 1.165) is 17.5 Å². The summed E-state index contributed by atoms with van der Waals surface area (Å²) in [4.78, 5) is 41.4. The third-order valence-electron chi connectivity index (χ3n) is 11.4. The second kappa shape index (κ2) is 16.8. The van der Waals surface area contributed by atoms with Gasteiger partial charge in [0.15, 0.2) is 34.5 Å². The van der Waals surface area contributed by atoms with Crippen LogP contribution in [-0.2, 0) is 15.6 Å². The van der Waals surface area contributed by atoms with Gasteiger partial charge in [-0.05, 0) is 32.9 Å². The molecule has 2 N–H and O–H groups in total. The van der Waals surface area contributed by atoms with Crippen LogP contribution in [0.25, 0.3) is 21.5 Å². The van der Waals surface area contributed by atoms with Crippen LogP contribution in [0.3, 0.4) is 0 Å². The Hall–Kier alpha value is -6.75. The summed E-state index contributed by atoms with van der Waals surface area (Å²) in [7, 11) is 5.70. The van der Waals surface area contributed by atoms with Crippen molar-refractivity contribution in [2.24, 2.45) is 0 Å². The monoisotopic (exact) mass is 880 g/mol. The van der Waals surface area contributed by atoms with Crippen LogP contribution in [0.1, 0.15) is 47.2 Å². The molecular weight excluding hydrogens is 833 g/mol. The molecule has 0 spiro atoms. The average molecular weight is 881 g/mol. The Morgan fingerprint density at radius 3 is 1.79 bits per heavy atom. The van der Waals surface area contributed by atoms with E-state index in [2.05, 4.69) is 0 Å². The summed E-state index contributed by atoms with van der Waals surface area (Å²) in [5.41, 5.74) is -1.13. The predicted molar refractivity (Wildman–Crippen MR) is 235 cm³/mol. The van der Waals surface area contributed by atoms with E-state index in [1.807, 2.05) is 81.4 Å². The summed E-state index contributed by atoms with van der Waals surface area (Å²) in [5.74, 6) is -5.54. The number of ether oxygens (including phenoxy) is 8. The fourth-order valence-electron chi connectivity index (χ4n) is 8.61. The van der Waals surface area contributed by atoms with Crippen molar-refractivity contribution in [2.75, 3.05) is 49.8 Å². The quantitative estimate of drug-likeness (QED) is 0.0966. The lowest BCUT2D eigenvalue weighted by atomic mass is 9.92. The lowest BCUT2D eigenvalue weighted by molar-refractivity contribution is -0.155. The minimum absolute atomic E-state index is 0.0133. The molecule has 2 unspecified atom stereocenters. The van der Waals surface area contributed by atoms with Crippen LogP contribution in [0.5, 0.6) is 46.0 Å². The molecule has 2 heterocycles. The number of esters is 1. The number of rotatable bonds is 14. The van der Waals surface area contributed by atoms with Gasteiger partial charge < -0.3 is 57.0 Å². The highest BCUT2D eigenvalue weighted by Gasteiger charge is 2.61. The van der Waals surface area contributed by atoms with Gasteiger partial charge in [-0.1, -0.05) is 81.4 Å². The standard InChI is InChI=1S/C47H48O15Si/c1-46(2,3)63(27-17-13-11-14-18-27,28-19-15-12-16-20-28)62-32(23-26-21-25-22-31(44(50)59-10)60-45(51)33(25)40(57-8)37(26)48)47(52)43(49)36-39(56-7)34-29(53-4)24-30(54-5)38(55-6)35(34)41(58-9)42(36)61-47/h11-22,24,32,48,52H,23H2,1-10H3. The van der Waals surface area contributed by atoms with E-state index >= 15 is 4.79 Å². The molecule has 15 nitrogen and oxygen atoms in total. The van der Waals surface area contributed by atoms with Gasteiger partial charge in [-0.25, -0.2) is 9.59 Å². The van der Waals surface area contributed by atoms with Gasteiger partial charge in [0.05, 0.1) is 60.5 Å². The molecule has 0 bridgehead atoms. The molecule has 0 saturated heterocycles. The maximum atomic E-state index is 15.5. The molecule has 0 saturated carbocycles. The topological polar surface area (TPSA) is 188 Å². The Labute approximate surface area is 363 Å². The summed E-state index contributed by atoms with van der Waals surface area (Å²) in [6.07, 6.45) is -2.12. The highest BCUT2D eigenvalue weighted by molar-refractivity contribution is 6.99. The molecule has 1 aliphatic heterocycles. The number of Topliss-reactive ketones (excluding diaryl/α,β-unsaturated/α-hetero) is 1. The first-order valence-electron chi connectivity index (χ1n) is 19.7. The summed E-state index contributed by atoms with van der Waals surface area (Å²) in [6.45, 7) is 6.05. The zero-order valence-corrected chi connectivity index (χ0v) is 37.5. The second-order valence-electron chi connectivity index (χ2n) is 15.7. The van der Waals surface area contributed by atoms with Crippen molar-refractivity contribution in [3.05, 3.63) is 106 Å². The zero-order chi connectivity index (χ0) is 45.6. The summed E-state index contributed by atoms with van der Waals surface area (Å²) < 4.78 is 59.0. The molecule has 6 aromatic rings. The first-order valence-corrected chi connectivity index (χ1v) is 21.6. The van der Waals surface area contributed by atoms with Crippen molar-refractivity contribution >= 4 is 52.0 Å². The Morgan fingerprint density at radius 2 is 1.29 bits per heavy atom. The Kier molecular flexibility index (Phi) is 11.8. The number of fused-ring (bicyclic) bond motifs is 3. The summed E-state index contributed by atoms with van der Waals surface area (Å²) in [6, 6.07) is 23.3. The Balaban J connectivity index is 1.56. The van der Waals surface area contributed by atoms with Gasteiger partial charge in [-0.2, -0.15) is 0 Å². The van der Waals surface area contributed by atoms with Crippen molar-refractivity contribution in [1.82, 2.24) is 0 Å². The largest absolute Gasteiger partial charge is 0.504 e.